The fourth-order valence-corrected chi connectivity index (χ4v) is 5.94. The van der Waals surface area contributed by atoms with Gasteiger partial charge in [0.1, 0.15) is 0 Å². The summed E-state index contributed by atoms with van der Waals surface area (Å²) in [5.74, 6) is 2.78. The lowest BCUT2D eigenvalue weighted by molar-refractivity contribution is 0.0919. The summed E-state index contributed by atoms with van der Waals surface area (Å²) in [4.78, 5) is 6.43. The zero-order valence-electron chi connectivity index (χ0n) is 15.7. The summed E-state index contributed by atoms with van der Waals surface area (Å²) in [7, 11) is 1.79. The van der Waals surface area contributed by atoms with Crippen LogP contribution in [0.3, 0.4) is 0 Å². The molecule has 2 aromatic rings. The van der Waals surface area contributed by atoms with E-state index in [1.54, 1.807) is 12.7 Å². The number of methoxy groups -OCH3 is 1. The molecule has 2 heterocycles. The summed E-state index contributed by atoms with van der Waals surface area (Å²) >= 11 is 2.01. The van der Waals surface area contributed by atoms with Gasteiger partial charge in [-0.25, -0.2) is 0 Å². The number of piperidine rings is 1. The number of ether oxygens (including phenoxy) is 1. The van der Waals surface area contributed by atoms with Gasteiger partial charge in [-0.2, -0.15) is 11.8 Å². The average molecular weight is 359 g/mol. The van der Waals surface area contributed by atoms with E-state index in [1.165, 1.54) is 60.3 Å². The Morgan fingerprint density at radius 2 is 2.24 bits per heavy atom. The van der Waals surface area contributed by atoms with E-state index >= 15 is 0 Å². The molecule has 3 nitrogen and oxygen atoms in total. The molecule has 2 aliphatic rings. The SMILES string of the molecule is CCCN1CC(CSC)C[C@@H]2c3cccc4[nH]c(COC)c(c34)C[C@H]21. The minimum atomic E-state index is 0.655. The number of nitrogens with one attached hydrogen (secondary N) is 1. The molecule has 136 valence electrons. The first kappa shape index (κ1) is 17.4. The predicted molar refractivity (Wildman–Crippen MR) is 108 cm³/mol. The Morgan fingerprint density at radius 1 is 1.36 bits per heavy atom. The summed E-state index contributed by atoms with van der Waals surface area (Å²) in [6, 6.07) is 7.51. The summed E-state index contributed by atoms with van der Waals surface area (Å²) < 4.78 is 5.48. The number of likely N-dealkylation sites (tertiary alicyclic amines) is 1. The van der Waals surface area contributed by atoms with Crippen LogP contribution < -0.4 is 0 Å². The molecule has 1 unspecified atom stereocenters. The van der Waals surface area contributed by atoms with Crippen molar-refractivity contribution in [3.8, 4) is 0 Å². The summed E-state index contributed by atoms with van der Waals surface area (Å²) in [5.41, 5.74) is 5.67. The van der Waals surface area contributed by atoms with Gasteiger partial charge in [-0.3, -0.25) is 4.90 Å². The predicted octanol–water partition coefficient (Wildman–Crippen LogP) is 4.42. The summed E-state index contributed by atoms with van der Waals surface area (Å²) in [6.45, 7) is 5.49. The summed E-state index contributed by atoms with van der Waals surface area (Å²) in [5, 5.41) is 1.50. The van der Waals surface area contributed by atoms with Crippen molar-refractivity contribution in [1.82, 2.24) is 9.88 Å². The van der Waals surface area contributed by atoms with Gasteiger partial charge in [0.2, 0.25) is 0 Å². The van der Waals surface area contributed by atoms with E-state index in [0.29, 0.717) is 18.6 Å². The number of hydrogen-bond acceptors (Lipinski definition) is 3. The third-order valence-corrected chi connectivity index (χ3v) is 6.88. The maximum Gasteiger partial charge on any atom is 0.0865 e. The third kappa shape index (κ3) is 3.02. The molecule has 1 aromatic carbocycles. The number of nitrogens with zero attached hydrogens (tertiary/aromatic N) is 1. The smallest absolute Gasteiger partial charge is 0.0865 e. The van der Waals surface area contributed by atoms with Crippen molar-refractivity contribution in [1.29, 1.82) is 0 Å². The zero-order valence-corrected chi connectivity index (χ0v) is 16.5. The Hall–Kier alpha value is -0.970. The normalized spacial score (nSPS) is 26.1. The lowest BCUT2D eigenvalue weighted by atomic mass is 9.72. The monoisotopic (exact) mass is 358 g/mol. The average Bonchev–Trinajstić information content (AvgIpc) is 2.96. The van der Waals surface area contributed by atoms with E-state index in [-0.39, 0.29) is 0 Å². The second-order valence-electron chi connectivity index (χ2n) is 7.71. The Balaban J connectivity index is 1.78. The highest BCUT2D eigenvalue weighted by Crippen LogP contribution is 2.46. The Kier molecular flexibility index (Phi) is 5.12. The first-order valence-electron chi connectivity index (χ1n) is 9.61. The molecule has 4 rings (SSSR count). The largest absolute Gasteiger partial charge is 0.378 e. The van der Waals surface area contributed by atoms with Crippen LogP contribution in [0.4, 0.5) is 0 Å². The van der Waals surface area contributed by atoms with Crippen LogP contribution in [-0.4, -0.2) is 48.1 Å². The molecule has 0 bridgehead atoms. The molecule has 1 saturated heterocycles. The quantitative estimate of drug-likeness (QED) is 0.829. The van der Waals surface area contributed by atoms with Crippen molar-refractivity contribution in [2.75, 3.05) is 32.2 Å². The minimum absolute atomic E-state index is 0.655. The van der Waals surface area contributed by atoms with Crippen LogP contribution in [0, 0.1) is 5.92 Å². The number of rotatable bonds is 6. The lowest BCUT2D eigenvalue weighted by Gasteiger charge is -2.47. The highest BCUT2D eigenvalue weighted by molar-refractivity contribution is 7.98. The fourth-order valence-electron chi connectivity index (χ4n) is 5.23. The molecule has 3 atom stereocenters. The minimum Gasteiger partial charge on any atom is -0.378 e. The highest BCUT2D eigenvalue weighted by atomic mass is 32.2. The van der Waals surface area contributed by atoms with Crippen LogP contribution in [0.15, 0.2) is 18.2 Å². The van der Waals surface area contributed by atoms with E-state index in [4.69, 9.17) is 4.74 Å². The van der Waals surface area contributed by atoms with Crippen LogP contribution in [-0.2, 0) is 17.8 Å². The van der Waals surface area contributed by atoms with Gasteiger partial charge in [0.15, 0.2) is 0 Å². The standard InChI is InChI=1S/C21H30N2OS/c1-4-8-23-11-14(13-25-3)9-16-15-6-5-7-18-21(15)17(10-20(16)23)19(22-18)12-24-2/h5-7,14,16,20,22H,4,8-13H2,1-3H3/t14?,16-,20-/m1/s1. The van der Waals surface area contributed by atoms with E-state index < -0.39 is 0 Å². The highest BCUT2D eigenvalue weighted by Gasteiger charge is 2.41. The van der Waals surface area contributed by atoms with Gasteiger partial charge in [0, 0.05) is 42.2 Å². The van der Waals surface area contributed by atoms with E-state index in [9.17, 15) is 0 Å². The van der Waals surface area contributed by atoms with E-state index in [2.05, 4.69) is 41.3 Å². The number of H-pyrrole nitrogens is 1. The van der Waals surface area contributed by atoms with E-state index in [0.717, 1.165) is 5.92 Å². The van der Waals surface area contributed by atoms with Crippen LogP contribution in [0.2, 0.25) is 0 Å². The molecule has 0 saturated carbocycles. The van der Waals surface area contributed by atoms with Crippen LogP contribution in [0.1, 0.15) is 42.5 Å². The zero-order chi connectivity index (χ0) is 17.4. The molecular weight excluding hydrogens is 328 g/mol. The number of thioether (sulfide) groups is 1. The first-order valence-corrected chi connectivity index (χ1v) is 11.0. The van der Waals surface area contributed by atoms with Crippen molar-refractivity contribution in [2.45, 2.75) is 44.8 Å². The molecule has 1 N–H and O–H groups in total. The molecule has 1 aliphatic heterocycles. The molecule has 1 aromatic heterocycles. The van der Waals surface area contributed by atoms with Gasteiger partial charge >= 0.3 is 0 Å². The molecule has 0 amide bonds. The van der Waals surface area contributed by atoms with Crippen molar-refractivity contribution >= 4 is 22.7 Å². The number of hydrogen-bond donors (Lipinski definition) is 1. The van der Waals surface area contributed by atoms with Crippen molar-refractivity contribution in [3.05, 3.63) is 35.0 Å². The maximum atomic E-state index is 5.48. The van der Waals surface area contributed by atoms with Crippen molar-refractivity contribution < 1.29 is 4.74 Å². The Bertz CT molecular complexity index is 741. The number of benzene rings is 1. The number of aromatic nitrogens is 1. The van der Waals surface area contributed by atoms with Gasteiger partial charge in [0.05, 0.1) is 6.61 Å². The van der Waals surface area contributed by atoms with Crippen LogP contribution in [0.25, 0.3) is 10.9 Å². The fraction of sp³-hybridized carbons (Fsp3) is 0.619. The molecule has 4 heteroatoms. The van der Waals surface area contributed by atoms with Crippen LogP contribution in [0.5, 0.6) is 0 Å². The molecule has 0 spiro atoms. The Labute approximate surface area is 155 Å². The van der Waals surface area contributed by atoms with Crippen LogP contribution >= 0.6 is 11.8 Å². The Morgan fingerprint density at radius 3 is 3.00 bits per heavy atom. The van der Waals surface area contributed by atoms with Gasteiger partial charge < -0.3 is 9.72 Å². The van der Waals surface area contributed by atoms with Crippen molar-refractivity contribution in [2.24, 2.45) is 5.92 Å². The molecule has 25 heavy (non-hydrogen) atoms. The maximum absolute atomic E-state index is 5.48. The molecule has 1 aliphatic carbocycles. The van der Waals surface area contributed by atoms with Gasteiger partial charge in [-0.1, -0.05) is 19.1 Å². The summed E-state index contributed by atoms with van der Waals surface area (Å²) in [6.07, 6.45) is 6.00. The van der Waals surface area contributed by atoms with Crippen molar-refractivity contribution in [3.63, 3.8) is 0 Å². The molecule has 0 radical (unpaired) electrons. The van der Waals surface area contributed by atoms with E-state index in [1.807, 2.05) is 11.8 Å². The van der Waals surface area contributed by atoms with Gasteiger partial charge in [-0.05, 0) is 60.9 Å². The second kappa shape index (κ2) is 7.34. The topological polar surface area (TPSA) is 28.3 Å². The number of fused-ring (bicyclic) bond motifs is 2. The first-order chi connectivity index (χ1) is 12.3. The molecule has 1 fully saturated rings. The van der Waals surface area contributed by atoms with Gasteiger partial charge in [-0.15, -0.1) is 0 Å². The lowest BCUT2D eigenvalue weighted by Crippen LogP contribution is -2.50. The molecular formula is C21H30N2OS. The van der Waals surface area contributed by atoms with Gasteiger partial charge in [0.25, 0.3) is 0 Å². The third-order valence-electron chi connectivity index (χ3n) is 6.08. The number of aromatic amines is 1. The second-order valence-corrected chi connectivity index (χ2v) is 8.63.